The van der Waals surface area contributed by atoms with Crippen molar-refractivity contribution in [3.05, 3.63) is 121 Å². The molecule has 1 unspecified atom stereocenters. The molecule has 0 aliphatic heterocycles. The Balaban J connectivity index is 0. The summed E-state index contributed by atoms with van der Waals surface area (Å²) in [5.74, 6) is -1.01. The molecular formula is C56H82Cl3Fe2N8O12. The minimum Gasteiger partial charge on any atom is 0 e. The van der Waals surface area contributed by atoms with Crippen LogP contribution in [0.15, 0.2) is 121 Å². The Hall–Kier alpha value is -5.16. The summed E-state index contributed by atoms with van der Waals surface area (Å²) in [5, 5.41) is 53.6. The van der Waals surface area contributed by atoms with Crippen LogP contribution < -0.4 is 43.2 Å². The van der Waals surface area contributed by atoms with E-state index in [1.165, 1.54) is 0 Å². The van der Waals surface area contributed by atoms with Crippen molar-refractivity contribution in [3.8, 4) is 0 Å². The number of aliphatic hydroxyl groups excluding tert-OH is 1. The van der Waals surface area contributed by atoms with Gasteiger partial charge in [-0.25, -0.2) is 16.4 Å². The van der Waals surface area contributed by atoms with Gasteiger partial charge < -0.3 is 31.6 Å². The predicted molar refractivity (Wildman–Crippen MR) is 309 cm³/mol. The minimum atomic E-state index is -1.33. The maximum Gasteiger partial charge on any atom is 0 e. The first-order valence-corrected chi connectivity index (χ1v) is 31.1. The maximum absolute atomic E-state index is 11.6. The first-order valence-electron chi connectivity index (χ1n) is 26.5. The average Bonchev–Trinajstić information content (AvgIpc) is 3.45. The van der Waals surface area contributed by atoms with Gasteiger partial charge in [0.1, 0.15) is 6.23 Å². The summed E-state index contributed by atoms with van der Waals surface area (Å²) in [6.07, 6.45) is 16.1. The van der Waals surface area contributed by atoms with Crippen LogP contribution in [0.5, 0.6) is 0 Å². The third-order valence-corrected chi connectivity index (χ3v) is 11.1. The number of anilines is 4. The van der Waals surface area contributed by atoms with E-state index in [1.807, 2.05) is 121 Å². The van der Waals surface area contributed by atoms with Gasteiger partial charge in [-0.05, 0) is 106 Å². The number of aliphatic hydroxyl groups is 1. The van der Waals surface area contributed by atoms with E-state index in [1.54, 1.807) is 21.9 Å². The van der Waals surface area contributed by atoms with Crippen LogP contribution in [0.4, 0.5) is 22.7 Å². The van der Waals surface area contributed by atoms with Crippen molar-refractivity contribution in [1.29, 1.82) is 0 Å². The second-order valence-electron chi connectivity index (χ2n) is 17.8. The van der Waals surface area contributed by atoms with Crippen LogP contribution in [0.25, 0.3) is 0 Å². The number of benzene rings is 4. The molecule has 0 aromatic heterocycles. The molecule has 0 heterocycles. The van der Waals surface area contributed by atoms with E-state index in [0.29, 0.717) is 51.4 Å². The molecular weight excluding hydrogens is 1190 g/mol. The van der Waals surface area contributed by atoms with E-state index in [2.05, 4.69) is 21.3 Å². The van der Waals surface area contributed by atoms with Gasteiger partial charge >= 0.3 is 41.5 Å². The largest absolute Gasteiger partial charge is 0 e. The number of para-hydroxylation sites is 4. The molecule has 455 valence electrons. The monoisotopic (exact) mass is 1280 g/mol. The number of nitrogens with one attached hydrogen (secondary N) is 8. The van der Waals surface area contributed by atoms with Gasteiger partial charge in [-0.2, -0.15) is 5.48 Å². The standard InChI is InChI=1S/C14H22N2O3.3C14H20N2O3.3ClH.2Fe/c4*17-13(15-12-8-4-3-5-9-12)10-6-1-2-7-11-14(18)16-19;;;;;/h3-5,8-9,14,16,18-19H,1-2,6-7,10-11H2,(H,15,17);3*3-5,8-9,19H,1-2,6-7,10-11H2,(H,15,17)(H,16,18);3*1H;;/q;;;;;;;;+3/p-3. The number of amides is 7. The SMILES string of the molecule is O=C(CCCCCCC(=O)Nc1ccccc1)NO.O=C(CCCCCCC(=O)Nc1ccccc1)NO.O=C(CCCCCCC(=O)Nc1ccccc1)NO.O=C(CCCCCCC(O)NO)Nc1ccccc1.[Cl][Fe]([Cl])[Cl].[Fe]. The number of carbonyl (C=O) groups is 7. The van der Waals surface area contributed by atoms with E-state index < -0.39 is 17.4 Å². The zero-order valence-corrected chi connectivity index (χ0v) is 50.0. The normalized spacial score (nSPS) is 10.4. The van der Waals surface area contributed by atoms with Gasteiger partial charge in [0.15, 0.2) is 0 Å². The molecule has 0 bridgehead atoms. The summed E-state index contributed by atoms with van der Waals surface area (Å²) < 4.78 is 0. The van der Waals surface area contributed by atoms with Crippen molar-refractivity contribution in [3.63, 3.8) is 0 Å². The molecule has 0 saturated carbocycles. The second kappa shape index (κ2) is 55.4. The van der Waals surface area contributed by atoms with Gasteiger partial charge in [0.25, 0.3) is 0 Å². The topological polar surface area (TPSA) is 317 Å². The Morgan fingerprint density at radius 1 is 0.333 bits per heavy atom. The Morgan fingerprint density at radius 3 is 0.704 bits per heavy atom. The van der Waals surface area contributed by atoms with E-state index in [9.17, 15) is 33.6 Å². The van der Waals surface area contributed by atoms with Crippen LogP contribution in [0.1, 0.15) is 154 Å². The number of hydroxylamine groups is 4. The molecule has 0 saturated heterocycles. The number of hydrogen-bond acceptors (Lipinski definition) is 13. The molecule has 4 aromatic rings. The number of hydrogen-bond donors (Lipinski definition) is 13. The number of unbranched alkanes of at least 4 members (excludes halogenated alkanes) is 12. The first-order chi connectivity index (χ1) is 38.6. The smallest absolute Gasteiger partial charge is 0 e. The van der Waals surface area contributed by atoms with Gasteiger partial charge in [0.2, 0.25) is 41.4 Å². The fraction of sp³-hybridized carbons (Fsp3) is 0.446. The third kappa shape index (κ3) is 52.7. The molecule has 81 heavy (non-hydrogen) atoms. The summed E-state index contributed by atoms with van der Waals surface area (Å²) in [4.78, 5) is 78.6. The van der Waals surface area contributed by atoms with Crippen molar-refractivity contribution in [2.75, 3.05) is 21.3 Å². The molecule has 0 spiro atoms. The Bertz CT molecular complexity index is 2040. The maximum atomic E-state index is 11.6. The first kappa shape index (κ1) is 77.9. The third-order valence-electron chi connectivity index (χ3n) is 11.1. The van der Waals surface area contributed by atoms with Crippen LogP contribution in [0.3, 0.4) is 0 Å². The number of rotatable bonds is 33. The summed E-state index contributed by atoms with van der Waals surface area (Å²) in [6.45, 7) is 0. The number of halogens is 3. The zero-order valence-electron chi connectivity index (χ0n) is 45.5. The molecule has 13 N–H and O–H groups in total. The fourth-order valence-corrected chi connectivity index (χ4v) is 6.96. The van der Waals surface area contributed by atoms with Crippen molar-refractivity contribution in [2.45, 2.75) is 160 Å². The van der Waals surface area contributed by atoms with E-state index in [4.69, 9.17) is 56.2 Å². The van der Waals surface area contributed by atoms with Crippen molar-refractivity contribution in [1.82, 2.24) is 21.9 Å². The summed E-state index contributed by atoms with van der Waals surface area (Å²) >= 11 is -1.33. The van der Waals surface area contributed by atoms with Crippen LogP contribution in [-0.2, 0) is 61.8 Å². The fourth-order valence-electron chi connectivity index (χ4n) is 6.96. The molecule has 20 nitrogen and oxygen atoms in total. The van der Waals surface area contributed by atoms with Gasteiger partial charge in [-0.1, -0.05) is 124 Å². The molecule has 4 aromatic carbocycles. The zero-order chi connectivity index (χ0) is 59.3. The van der Waals surface area contributed by atoms with E-state index >= 15 is 0 Å². The van der Waals surface area contributed by atoms with Crippen LogP contribution in [0.2, 0.25) is 0 Å². The van der Waals surface area contributed by atoms with Crippen LogP contribution in [0, 0.1) is 0 Å². The predicted octanol–water partition coefficient (Wildman–Crippen LogP) is 11.7. The Kier molecular flexibility index (Phi) is 53.3. The molecule has 1 atom stereocenters. The molecule has 7 amide bonds. The molecule has 0 aliphatic carbocycles. The van der Waals surface area contributed by atoms with E-state index in [0.717, 1.165) is 125 Å². The molecule has 25 heteroatoms. The van der Waals surface area contributed by atoms with Gasteiger partial charge in [-0.3, -0.25) is 49.2 Å². The Morgan fingerprint density at radius 2 is 0.519 bits per heavy atom. The summed E-state index contributed by atoms with van der Waals surface area (Å²) in [5.41, 5.74) is 9.85. The summed E-state index contributed by atoms with van der Waals surface area (Å²) in [6, 6.07) is 37.5. The summed E-state index contributed by atoms with van der Waals surface area (Å²) in [7, 11) is 14.7. The Labute approximate surface area is 503 Å². The molecule has 0 fully saturated rings. The van der Waals surface area contributed by atoms with Crippen LogP contribution >= 0.6 is 30.3 Å². The van der Waals surface area contributed by atoms with Crippen molar-refractivity contribution >= 4 is 94.4 Å². The van der Waals surface area contributed by atoms with Crippen molar-refractivity contribution < 1.29 is 87.7 Å². The van der Waals surface area contributed by atoms with Crippen LogP contribution in [-0.4, -0.2) is 73.5 Å². The molecule has 0 radical (unpaired) electrons. The second-order valence-corrected chi connectivity index (χ2v) is 23.2. The quantitative estimate of drug-likeness (QED) is 0.00695. The van der Waals surface area contributed by atoms with Crippen molar-refractivity contribution in [2.24, 2.45) is 0 Å². The van der Waals surface area contributed by atoms with Gasteiger partial charge in [0, 0.05) is 84.8 Å². The number of carbonyl (C=O) groups excluding carboxylic acids is 7. The average molecular weight is 1280 g/mol. The van der Waals surface area contributed by atoms with Gasteiger partial charge in [0.05, 0.1) is 0 Å². The minimum absolute atomic E-state index is 0. The molecule has 4 rings (SSSR count). The molecule has 0 aliphatic rings. The van der Waals surface area contributed by atoms with E-state index in [-0.39, 0.29) is 58.4 Å². The van der Waals surface area contributed by atoms with Gasteiger partial charge in [-0.15, -0.1) is 0 Å².